The van der Waals surface area contributed by atoms with Gasteiger partial charge in [0.1, 0.15) is 11.9 Å². The third-order valence-electron chi connectivity index (χ3n) is 4.21. The summed E-state index contributed by atoms with van der Waals surface area (Å²) in [6.07, 6.45) is 1.33. The molecule has 1 heterocycles. The van der Waals surface area contributed by atoms with E-state index in [2.05, 4.69) is 0 Å². The minimum atomic E-state index is -3.44. The first kappa shape index (κ1) is 17.3. The van der Waals surface area contributed by atoms with Crippen LogP contribution < -0.4 is 4.74 Å². The average molecular weight is 366 g/mol. The normalized spacial score (nSPS) is 16.9. The Kier molecular flexibility index (Phi) is 5.13. The number of hydrogen-bond donors (Lipinski definition) is 0. The zero-order valence-electron chi connectivity index (χ0n) is 13.5. The Bertz CT molecular complexity index is 815. The van der Waals surface area contributed by atoms with Gasteiger partial charge in [-0.15, -0.1) is 0 Å². The number of hydrogen-bond acceptors (Lipinski definition) is 3. The summed E-state index contributed by atoms with van der Waals surface area (Å²) in [5.41, 5.74) is 0.773. The number of aryl methyl sites for hydroxylation is 1. The fourth-order valence-corrected chi connectivity index (χ4v) is 4.78. The number of rotatable bonds is 4. The Balaban J connectivity index is 1.66. The largest absolute Gasteiger partial charge is 0.490 e. The van der Waals surface area contributed by atoms with Crippen LogP contribution in [0.15, 0.2) is 53.4 Å². The maximum absolute atomic E-state index is 12.8. The number of piperidine rings is 1. The lowest BCUT2D eigenvalue weighted by atomic mass is 10.1. The molecule has 0 spiro atoms. The molecule has 0 bridgehead atoms. The maximum atomic E-state index is 12.8. The van der Waals surface area contributed by atoms with E-state index < -0.39 is 10.0 Å². The fourth-order valence-electron chi connectivity index (χ4n) is 2.91. The van der Waals surface area contributed by atoms with Crippen LogP contribution in [0.25, 0.3) is 0 Å². The van der Waals surface area contributed by atoms with E-state index in [1.807, 2.05) is 31.2 Å². The Morgan fingerprint density at radius 3 is 2.46 bits per heavy atom. The predicted octanol–water partition coefficient (Wildman–Crippen LogP) is 3.88. The summed E-state index contributed by atoms with van der Waals surface area (Å²) in [6.45, 7) is 2.74. The van der Waals surface area contributed by atoms with Crippen molar-refractivity contribution in [2.75, 3.05) is 13.1 Å². The summed E-state index contributed by atoms with van der Waals surface area (Å²) < 4.78 is 33.0. The molecule has 1 saturated heterocycles. The lowest BCUT2D eigenvalue weighted by molar-refractivity contribution is 0.135. The molecule has 128 valence electrons. The second-order valence-corrected chi connectivity index (χ2v) is 8.29. The summed E-state index contributed by atoms with van der Waals surface area (Å²) >= 11 is 5.96. The summed E-state index contributed by atoms with van der Waals surface area (Å²) in [5.74, 6) is 0.725. The molecule has 1 fully saturated rings. The van der Waals surface area contributed by atoms with Gasteiger partial charge in [0, 0.05) is 18.1 Å². The first-order chi connectivity index (χ1) is 11.5. The van der Waals surface area contributed by atoms with Gasteiger partial charge in [-0.1, -0.05) is 35.9 Å². The van der Waals surface area contributed by atoms with Gasteiger partial charge in [0.15, 0.2) is 0 Å². The van der Waals surface area contributed by atoms with Gasteiger partial charge in [0.25, 0.3) is 0 Å². The molecular weight excluding hydrogens is 346 g/mol. The molecule has 2 aromatic rings. The van der Waals surface area contributed by atoms with Crippen LogP contribution in [0.1, 0.15) is 18.4 Å². The predicted molar refractivity (Wildman–Crippen MR) is 95.0 cm³/mol. The molecule has 0 atom stereocenters. The van der Waals surface area contributed by atoms with E-state index in [0.717, 1.165) is 11.3 Å². The minimum absolute atomic E-state index is 0.00628. The van der Waals surface area contributed by atoms with Crippen LogP contribution in [0.5, 0.6) is 5.75 Å². The molecule has 0 amide bonds. The smallest absolute Gasteiger partial charge is 0.243 e. The average Bonchev–Trinajstić information content (AvgIpc) is 2.55. The van der Waals surface area contributed by atoms with Gasteiger partial charge >= 0.3 is 0 Å². The zero-order chi connectivity index (χ0) is 17.2. The van der Waals surface area contributed by atoms with E-state index in [4.69, 9.17) is 16.3 Å². The van der Waals surface area contributed by atoms with Crippen molar-refractivity contribution < 1.29 is 13.2 Å². The second-order valence-electron chi connectivity index (χ2n) is 5.94. The maximum Gasteiger partial charge on any atom is 0.243 e. The molecule has 2 aromatic carbocycles. The summed E-state index contributed by atoms with van der Waals surface area (Å²) in [7, 11) is -3.44. The highest BCUT2D eigenvalue weighted by Gasteiger charge is 2.30. The van der Waals surface area contributed by atoms with Gasteiger partial charge in [0.05, 0.1) is 4.90 Å². The number of benzene rings is 2. The summed E-state index contributed by atoms with van der Waals surface area (Å²) in [6, 6.07) is 14.4. The van der Waals surface area contributed by atoms with Crippen molar-refractivity contribution in [3.05, 3.63) is 59.1 Å². The standard InChI is InChI=1S/C18H20ClNO3S/c1-14-5-2-3-8-18(14)24(21,22)20-11-9-16(10-12-20)23-17-7-4-6-15(19)13-17/h2-8,13,16H,9-12H2,1H3. The molecule has 0 saturated carbocycles. The molecule has 1 aliphatic rings. The van der Waals surface area contributed by atoms with Crippen molar-refractivity contribution in [1.29, 1.82) is 0 Å². The molecule has 6 heteroatoms. The number of halogens is 1. The fraction of sp³-hybridized carbons (Fsp3) is 0.333. The highest BCUT2D eigenvalue weighted by Crippen LogP contribution is 2.26. The topological polar surface area (TPSA) is 46.6 Å². The van der Waals surface area contributed by atoms with Crippen LogP contribution in [-0.2, 0) is 10.0 Å². The lowest BCUT2D eigenvalue weighted by Crippen LogP contribution is -2.41. The monoisotopic (exact) mass is 365 g/mol. The van der Waals surface area contributed by atoms with Crippen LogP contribution >= 0.6 is 11.6 Å². The van der Waals surface area contributed by atoms with E-state index in [0.29, 0.717) is 35.8 Å². The van der Waals surface area contributed by atoms with Gasteiger partial charge in [-0.3, -0.25) is 0 Å². The highest BCUT2D eigenvalue weighted by atomic mass is 35.5. The van der Waals surface area contributed by atoms with Crippen LogP contribution in [0.2, 0.25) is 5.02 Å². The van der Waals surface area contributed by atoms with Crippen molar-refractivity contribution >= 4 is 21.6 Å². The number of nitrogens with zero attached hydrogens (tertiary/aromatic N) is 1. The van der Waals surface area contributed by atoms with Crippen molar-refractivity contribution in [1.82, 2.24) is 4.31 Å². The van der Waals surface area contributed by atoms with Crippen molar-refractivity contribution in [3.8, 4) is 5.75 Å². The first-order valence-corrected chi connectivity index (χ1v) is 9.76. The SMILES string of the molecule is Cc1ccccc1S(=O)(=O)N1CCC(Oc2cccc(Cl)c2)CC1. The summed E-state index contributed by atoms with van der Waals surface area (Å²) in [5, 5.41) is 0.632. The molecule has 0 N–H and O–H groups in total. The Morgan fingerprint density at radius 1 is 1.08 bits per heavy atom. The van der Waals surface area contributed by atoms with Gasteiger partial charge < -0.3 is 4.74 Å². The number of sulfonamides is 1. The molecule has 1 aliphatic heterocycles. The van der Waals surface area contributed by atoms with Crippen LogP contribution in [0.3, 0.4) is 0 Å². The van der Waals surface area contributed by atoms with Crippen molar-refractivity contribution in [3.63, 3.8) is 0 Å². The molecule has 3 rings (SSSR count). The molecule has 0 aromatic heterocycles. The quantitative estimate of drug-likeness (QED) is 0.826. The van der Waals surface area contributed by atoms with Crippen LogP contribution in [-0.4, -0.2) is 31.9 Å². The zero-order valence-corrected chi connectivity index (χ0v) is 15.1. The molecule has 0 unspecified atom stereocenters. The second kappa shape index (κ2) is 7.13. The first-order valence-electron chi connectivity index (χ1n) is 7.95. The minimum Gasteiger partial charge on any atom is -0.490 e. The van der Waals surface area contributed by atoms with Crippen molar-refractivity contribution in [2.24, 2.45) is 0 Å². The molecule has 0 radical (unpaired) electrons. The van der Waals surface area contributed by atoms with E-state index >= 15 is 0 Å². The Morgan fingerprint density at radius 2 is 1.79 bits per heavy atom. The van der Waals surface area contributed by atoms with Gasteiger partial charge in [0.2, 0.25) is 10.0 Å². The van der Waals surface area contributed by atoms with Crippen LogP contribution in [0, 0.1) is 6.92 Å². The van der Waals surface area contributed by atoms with Crippen molar-refractivity contribution in [2.45, 2.75) is 30.8 Å². The van der Waals surface area contributed by atoms with E-state index in [1.54, 1.807) is 28.6 Å². The third kappa shape index (κ3) is 3.74. The van der Waals surface area contributed by atoms with E-state index in [9.17, 15) is 8.42 Å². The molecule has 0 aliphatic carbocycles. The Labute approximate surface area is 148 Å². The third-order valence-corrected chi connectivity index (χ3v) is 6.51. The summed E-state index contributed by atoms with van der Waals surface area (Å²) in [4.78, 5) is 0.388. The number of ether oxygens (including phenoxy) is 1. The van der Waals surface area contributed by atoms with Gasteiger partial charge in [-0.25, -0.2) is 8.42 Å². The molecule has 4 nitrogen and oxygen atoms in total. The van der Waals surface area contributed by atoms with Gasteiger partial charge in [-0.2, -0.15) is 4.31 Å². The Hall–Kier alpha value is -1.56. The van der Waals surface area contributed by atoms with Crippen LogP contribution in [0.4, 0.5) is 0 Å². The highest BCUT2D eigenvalue weighted by molar-refractivity contribution is 7.89. The molecule has 24 heavy (non-hydrogen) atoms. The van der Waals surface area contributed by atoms with Gasteiger partial charge in [-0.05, 0) is 49.6 Å². The van der Waals surface area contributed by atoms with E-state index in [-0.39, 0.29) is 6.10 Å². The molecular formula is C18H20ClNO3S. The van der Waals surface area contributed by atoms with E-state index in [1.165, 1.54) is 0 Å². The lowest BCUT2D eigenvalue weighted by Gasteiger charge is -2.31.